The Hall–Kier alpha value is -2.05. The summed E-state index contributed by atoms with van der Waals surface area (Å²) < 4.78 is 5.23. The molecule has 0 rings (SSSR count). The molecule has 1 unspecified atom stereocenters. The lowest BCUT2D eigenvalue weighted by Crippen LogP contribution is -2.47. The van der Waals surface area contributed by atoms with Gasteiger partial charge in [-0.25, -0.2) is 4.79 Å². The van der Waals surface area contributed by atoms with Gasteiger partial charge in [-0.05, 0) is 33.8 Å². The zero-order valence-electron chi connectivity index (χ0n) is 14.3. The zero-order chi connectivity index (χ0) is 17.5. The first-order chi connectivity index (χ1) is 9.96. The minimum Gasteiger partial charge on any atom is -0.444 e. The Morgan fingerprint density at radius 3 is 2.23 bits per heavy atom. The molecule has 0 aliphatic carbocycles. The molecular formula is C15H27N3O4. The summed E-state index contributed by atoms with van der Waals surface area (Å²) in [7, 11) is 3.12. The molecule has 0 aromatic carbocycles. The summed E-state index contributed by atoms with van der Waals surface area (Å²) in [5, 5.41) is 2.72. The second-order valence-corrected chi connectivity index (χ2v) is 6.23. The highest BCUT2D eigenvalue weighted by molar-refractivity contribution is 5.90. The van der Waals surface area contributed by atoms with Crippen LogP contribution in [0.3, 0.4) is 0 Å². The summed E-state index contributed by atoms with van der Waals surface area (Å²) >= 11 is 0. The van der Waals surface area contributed by atoms with Crippen molar-refractivity contribution in [2.75, 3.05) is 27.2 Å². The molecule has 3 amide bonds. The largest absolute Gasteiger partial charge is 0.444 e. The maximum atomic E-state index is 11.8. The highest BCUT2D eigenvalue weighted by Crippen LogP contribution is 2.09. The van der Waals surface area contributed by atoms with Crippen LogP contribution in [0, 0.1) is 0 Å². The van der Waals surface area contributed by atoms with Crippen LogP contribution in [0.4, 0.5) is 4.79 Å². The monoisotopic (exact) mass is 313 g/mol. The Morgan fingerprint density at radius 1 is 1.23 bits per heavy atom. The molecular weight excluding hydrogens is 286 g/mol. The summed E-state index contributed by atoms with van der Waals surface area (Å²) in [5.41, 5.74) is -0.564. The van der Waals surface area contributed by atoms with Crippen molar-refractivity contribution >= 4 is 17.9 Å². The third-order valence-corrected chi connectivity index (χ3v) is 2.59. The number of nitrogens with zero attached hydrogens (tertiary/aromatic N) is 2. The number of amides is 3. The van der Waals surface area contributed by atoms with E-state index in [1.807, 2.05) is 0 Å². The fourth-order valence-electron chi connectivity index (χ4n) is 1.64. The Balaban J connectivity index is 4.30. The first kappa shape index (κ1) is 19.9. The molecule has 0 fully saturated rings. The van der Waals surface area contributed by atoms with Crippen LogP contribution in [0.5, 0.6) is 0 Å². The number of ether oxygens (including phenoxy) is 1. The quantitative estimate of drug-likeness (QED) is 0.742. The summed E-state index contributed by atoms with van der Waals surface area (Å²) in [4.78, 5) is 37.5. The van der Waals surface area contributed by atoms with Crippen molar-refractivity contribution in [1.29, 1.82) is 0 Å². The highest BCUT2D eigenvalue weighted by atomic mass is 16.6. The highest BCUT2D eigenvalue weighted by Gasteiger charge is 2.21. The second kappa shape index (κ2) is 8.41. The number of carbonyl (C=O) groups excluding carboxylic acids is 3. The van der Waals surface area contributed by atoms with Crippen molar-refractivity contribution in [1.82, 2.24) is 15.1 Å². The summed E-state index contributed by atoms with van der Waals surface area (Å²) in [6.45, 7) is 10.7. The van der Waals surface area contributed by atoms with E-state index in [1.54, 1.807) is 34.7 Å². The average Bonchev–Trinajstić information content (AvgIpc) is 2.34. The molecule has 0 saturated heterocycles. The van der Waals surface area contributed by atoms with Gasteiger partial charge in [-0.3, -0.25) is 9.59 Å². The Morgan fingerprint density at radius 2 is 1.77 bits per heavy atom. The molecule has 0 aromatic heterocycles. The van der Waals surface area contributed by atoms with Crippen LogP contribution >= 0.6 is 0 Å². The van der Waals surface area contributed by atoms with Gasteiger partial charge in [0.05, 0.1) is 6.54 Å². The van der Waals surface area contributed by atoms with Crippen LogP contribution in [0.25, 0.3) is 0 Å². The summed E-state index contributed by atoms with van der Waals surface area (Å²) in [6.07, 6.45) is 0.694. The fraction of sp³-hybridized carbons (Fsp3) is 0.667. The predicted octanol–water partition coefficient (Wildman–Crippen LogP) is 1.00. The number of nitrogens with one attached hydrogen (secondary N) is 1. The molecule has 0 aliphatic heterocycles. The Bertz CT molecular complexity index is 429. The van der Waals surface area contributed by atoms with Gasteiger partial charge in [0.15, 0.2) is 0 Å². The van der Waals surface area contributed by atoms with Gasteiger partial charge in [0.2, 0.25) is 11.8 Å². The number of hydrogen-bond donors (Lipinski definition) is 1. The van der Waals surface area contributed by atoms with E-state index in [4.69, 9.17) is 4.74 Å². The topological polar surface area (TPSA) is 79.0 Å². The third-order valence-electron chi connectivity index (χ3n) is 2.59. The molecule has 22 heavy (non-hydrogen) atoms. The number of carbonyl (C=O) groups is 3. The van der Waals surface area contributed by atoms with Crippen LogP contribution in [-0.4, -0.2) is 66.5 Å². The van der Waals surface area contributed by atoms with Crippen LogP contribution in [0.2, 0.25) is 0 Å². The molecule has 0 aliphatic rings. The number of rotatable bonds is 6. The van der Waals surface area contributed by atoms with E-state index in [1.165, 1.54) is 16.8 Å². The van der Waals surface area contributed by atoms with Crippen molar-refractivity contribution in [3.63, 3.8) is 0 Å². The van der Waals surface area contributed by atoms with Gasteiger partial charge in [-0.1, -0.05) is 6.58 Å². The maximum Gasteiger partial charge on any atom is 0.410 e. The molecule has 0 radical (unpaired) electrons. The minimum atomic E-state index is -0.564. The van der Waals surface area contributed by atoms with E-state index in [0.29, 0.717) is 6.54 Å². The van der Waals surface area contributed by atoms with Crippen molar-refractivity contribution in [2.45, 2.75) is 39.3 Å². The summed E-state index contributed by atoms with van der Waals surface area (Å²) in [6, 6.07) is -0.266. The van der Waals surface area contributed by atoms with Gasteiger partial charge in [0, 0.05) is 26.7 Å². The van der Waals surface area contributed by atoms with Crippen LogP contribution in [0.15, 0.2) is 12.7 Å². The van der Waals surface area contributed by atoms with Crippen molar-refractivity contribution in [3.8, 4) is 0 Å². The van der Waals surface area contributed by atoms with Crippen LogP contribution < -0.4 is 5.32 Å². The van der Waals surface area contributed by atoms with Gasteiger partial charge in [0.1, 0.15) is 5.60 Å². The molecule has 1 N–H and O–H groups in total. The molecule has 0 heterocycles. The Labute approximate surface area is 132 Å². The van der Waals surface area contributed by atoms with Gasteiger partial charge in [-0.2, -0.15) is 0 Å². The molecule has 0 spiro atoms. The smallest absolute Gasteiger partial charge is 0.410 e. The standard InChI is InChI=1S/C15H27N3O4/c1-8-13(20)17(6)10-12(19)16-11(2)9-18(7)14(21)22-15(3,4)5/h8,11H,1,9-10H2,2-7H3,(H,16,19). The molecule has 7 heteroatoms. The van der Waals surface area contributed by atoms with Gasteiger partial charge < -0.3 is 19.9 Å². The minimum absolute atomic E-state index is 0.0641. The lowest BCUT2D eigenvalue weighted by Gasteiger charge is -2.27. The lowest BCUT2D eigenvalue weighted by molar-refractivity contribution is -0.131. The first-order valence-electron chi connectivity index (χ1n) is 7.07. The Kier molecular flexibility index (Phi) is 7.62. The molecule has 0 saturated carbocycles. The van der Waals surface area contributed by atoms with Gasteiger partial charge >= 0.3 is 6.09 Å². The molecule has 1 atom stereocenters. The predicted molar refractivity (Wildman–Crippen MR) is 84.3 cm³/mol. The number of hydrogen-bond acceptors (Lipinski definition) is 4. The van der Waals surface area contributed by atoms with Crippen molar-refractivity contribution < 1.29 is 19.1 Å². The van der Waals surface area contributed by atoms with E-state index in [-0.39, 0.29) is 24.4 Å². The first-order valence-corrected chi connectivity index (χ1v) is 7.07. The second-order valence-electron chi connectivity index (χ2n) is 6.23. The fourth-order valence-corrected chi connectivity index (χ4v) is 1.64. The normalized spacial score (nSPS) is 12.1. The average molecular weight is 313 g/mol. The van der Waals surface area contributed by atoms with Crippen LogP contribution in [0.1, 0.15) is 27.7 Å². The maximum absolute atomic E-state index is 11.8. The molecule has 0 bridgehead atoms. The van der Waals surface area contributed by atoms with E-state index in [2.05, 4.69) is 11.9 Å². The van der Waals surface area contributed by atoms with Gasteiger partial charge in [0.25, 0.3) is 0 Å². The third kappa shape index (κ3) is 8.28. The van der Waals surface area contributed by atoms with E-state index in [9.17, 15) is 14.4 Å². The van der Waals surface area contributed by atoms with Crippen LogP contribution in [-0.2, 0) is 14.3 Å². The van der Waals surface area contributed by atoms with E-state index >= 15 is 0 Å². The lowest BCUT2D eigenvalue weighted by atomic mass is 10.2. The molecule has 0 aromatic rings. The van der Waals surface area contributed by atoms with Crippen molar-refractivity contribution in [3.05, 3.63) is 12.7 Å². The molecule has 7 nitrogen and oxygen atoms in total. The number of likely N-dealkylation sites (N-methyl/N-ethyl adjacent to an activating group) is 2. The van der Waals surface area contributed by atoms with Gasteiger partial charge in [-0.15, -0.1) is 0 Å². The van der Waals surface area contributed by atoms with Crippen molar-refractivity contribution in [2.24, 2.45) is 0 Å². The zero-order valence-corrected chi connectivity index (χ0v) is 14.3. The van der Waals surface area contributed by atoms with E-state index in [0.717, 1.165) is 6.08 Å². The SMILES string of the molecule is C=CC(=O)N(C)CC(=O)NC(C)CN(C)C(=O)OC(C)(C)C. The van der Waals surface area contributed by atoms with E-state index < -0.39 is 11.7 Å². The summed E-state index contributed by atoms with van der Waals surface area (Å²) in [5.74, 6) is -0.628. The molecule has 126 valence electrons.